The van der Waals surface area contributed by atoms with Gasteiger partial charge in [0.05, 0.1) is 0 Å². The van der Waals surface area contributed by atoms with E-state index in [9.17, 15) is 0 Å². The molecule has 0 bridgehead atoms. The lowest BCUT2D eigenvalue weighted by Gasteiger charge is -2.26. The third-order valence-corrected chi connectivity index (χ3v) is 3.22. The monoisotopic (exact) mass is 259 g/mol. The van der Waals surface area contributed by atoms with Crippen LogP contribution in [-0.2, 0) is 6.54 Å². The molecule has 0 aliphatic carbocycles. The fraction of sp³-hybridized carbons (Fsp3) is 0.538. The second-order valence-corrected chi connectivity index (χ2v) is 5.14. The molecule has 1 rings (SSSR count). The second-order valence-electron chi connectivity index (χ2n) is 4.30. The highest BCUT2D eigenvalue weighted by atomic mass is 35.5. The van der Waals surface area contributed by atoms with Gasteiger partial charge in [-0.2, -0.15) is 0 Å². The lowest BCUT2D eigenvalue weighted by Crippen LogP contribution is -2.31. The van der Waals surface area contributed by atoms with Gasteiger partial charge in [-0.25, -0.2) is 0 Å². The Kier molecular flexibility index (Phi) is 5.60. The Morgan fingerprint density at radius 2 is 1.94 bits per heavy atom. The number of nitrogens with zero attached hydrogens (tertiary/aromatic N) is 1. The fourth-order valence-electron chi connectivity index (χ4n) is 1.68. The van der Waals surface area contributed by atoms with Crippen LogP contribution >= 0.6 is 23.2 Å². The normalized spacial score (nSPS) is 11.4. The minimum Gasteiger partial charge on any atom is -0.297 e. The summed E-state index contributed by atoms with van der Waals surface area (Å²) in [5.41, 5.74) is 1.15. The summed E-state index contributed by atoms with van der Waals surface area (Å²) in [4.78, 5) is 2.41. The van der Waals surface area contributed by atoms with E-state index < -0.39 is 0 Å². The van der Waals surface area contributed by atoms with Crippen LogP contribution in [0.2, 0.25) is 10.0 Å². The van der Waals surface area contributed by atoms with Crippen LogP contribution in [0.3, 0.4) is 0 Å². The molecule has 0 fully saturated rings. The summed E-state index contributed by atoms with van der Waals surface area (Å²) in [7, 11) is 0. The lowest BCUT2D eigenvalue weighted by molar-refractivity contribution is 0.213. The minimum atomic E-state index is 0.534. The van der Waals surface area contributed by atoms with Crippen LogP contribution in [0.15, 0.2) is 18.2 Å². The van der Waals surface area contributed by atoms with Gasteiger partial charge >= 0.3 is 0 Å². The molecule has 3 heteroatoms. The van der Waals surface area contributed by atoms with Crippen molar-refractivity contribution in [3.8, 4) is 0 Å². The molecule has 0 aliphatic rings. The van der Waals surface area contributed by atoms with E-state index in [4.69, 9.17) is 23.2 Å². The summed E-state index contributed by atoms with van der Waals surface area (Å²) in [5.74, 6) is 0. The number of rotatable bonds is 5. The summed E-state index contributed by atoms with van der Waals surface area (Å²) in [6, 6.07) is 6.25. The van der Waals surface area contributed by atoms with Crippen molar-refractivity contribution in [2.75, 3.05) is 6.54 Å². The van der Waals surface area contributed by atoms with Gasteiger partial charge in [0, 0.05) is 22.6 Å². The van der Waals surface area contributed by atoms with Crippen molar-refractivity contribution in [1.82, 2.24) is 4.90 Å². The molecule has 0 radical (unpaired) electrons. The van der Waals surface area contributed by atoms with Gasteiger partial charge in [0.25, 0.3) is 0 Å². The highest BCUT2D eigenvalue weighted by Gasteiger charge is 2.11. The predicted molar refractivity (Wildman–Crippen MR) is 72.3 cm³/mol. The molecule has 0 spiro atoms. The Morgan fingerprint density at radius 1 is 1.25 bits per heavy atom. The fourth-order valence-corrected chi connectivity index (χ4v) is 2.14. The van der Waals surface area contributed by atoms with Gasteiger partial charge in [0.15, 0.2) is 0 Å². The molecule has 1 aromatic carbocycles. The lowest BCUT2D eigenvalue weighted by atomic mass is 10.2. The first-order chi connectivity index (χ1) is 7.54. The average Bonchev–Trinajstić information content (AvgIpc) is 2.20. The molecule has 90 valence electrons. The molecule has 0 saturated carbocycles. The molecule has 0 saturated heterocycles. The average molecular weight is 260 g/mol. The quantitative estimate of drug-likeness (QED) is 0.747. The van der Waals surface area contributed by atoms with Crippen LogP contribution in [0.4, 0.5) is 0 Å². The third-order valence-electron chi connectivity index (χ3n) is 2.63. The van der Waals surface area contributed by atoms with Crippen LogP contribution < -0.4 is 0 Å². The van der Waals surface area contributed by atoms with E-state index in [1.165, 1.54) is 0 Å². The smallest absolute Gasteiger partial charge is 0.0465 e. The SMILES string of the molecule is CCCN(Cc1ccc(Cl)cc1Cl)C(C)C. The molecule has 16 heavy (non-hydrogen) atoms. The summed E-state index contributed by atoms with van der Waals surface area (Å²) in [5, 5.41) is 1.45. The summed E-state index contributed by atoms with van der Waals surface area (Å²) >= 11 is 12.0. The Hall–Kier alpha value is -0.240. The van der Waals surface area contributed by atoms with E-state index in [0.29, 0.717) is 11.1 Å². The molecule has 1 nitrogen and oxygen atoms in total. The number of hydrogen-bond acceptors (Lipinski definition) is 1. The predicted octanol–water partition coefficient (Wildman–Crippen LogP) is 4.61. The summed E-state index contributed by atoms with van der Waals surface area (Å²) in [6.07, 6.45) is 1.16. The molecular weight excluding hydrogens is 241 g/mol. The van der Waals surface area contributed by atoms with Crippen molar-refractivity contribution in [3.63, 3.8) is 0 Å². The highest BCUT2D eigenvalue weighted by Crippen LogP contribution is 2.22. The molecule has 1 aromatic rings. The first kappa shape index (κ1) is 13.8. The van der Waals surface area contributed by atoms with Gasteiger partial charge in [0.2, 0.25) is 0 Å². The Labute approximate surface area is 108 Å². The van der Waals surface area contributed by atoms with Crippen molar-refractivity contribution >= 4 is 23.2 Å². The maximum Gasteiger partial charge on any atom is 0.0465 e. The van der Waals surface area contributed by atoms with Crippen LogP contribution in [0.1, 0.15) is 32.8 Å². The molecule has 0 aliphatic heterocycles. The first-order valence-electron chi connectivity index (χ1n) is 5.72. The van der Waals surface area contributed by atoms with Gasteiger partial charge in [0.1, 0.15) is 0 Å². The molecule has 0 amide bonds. The van der Waals surface area contributed by atoms with Crippen LogP contribution in [-0.4, -0.2) is 17.5 Å². The van der Waals surface area contributed by atoms with Gasteiger partial charge in [-0.05, 0) is 44.5 Å². The van der Waals surface area contributed by atoms with E-state index in [1.807, 2.05) is 18.2 Å². The van der Waals surface area contributed by atoms with Gasteiger partial charge in [-0.1, -0.05) is 36.2 Å². The van der Waals surface area contributed by atoms with Crippen molar-refractivity contribution < 1.29 is 0 Å². The largest absolute Gasteiger partial charge is 0.297 e. The molecular formula is C13H19Cl2N. The van der Waals surface area contributed by atoms with Crippen LogP contribution in [0.5, 0.6) is 0 Å². The molecule has 0 N–H and O–H groups in total. The zero-order valence-electron chi connectivity index (χ0n) is 10.1. The molecule has 0 aromatic heterocycles. The second kappa shape index (κ2) is 6.48. The van der Waals surface area contributed by atoms with Crippen LogP contribution in [0, 0.1) is 0 Å². The van der Waals surface area contributed by atoms with Gasteiger partial charge in [-0.15, -0.1) is 0 Å². The zero-order chi connectivity index (χ0) is 12.1. The summed E-state index contributed by atoms with van der Waals surface area (Å²) in [6.45, 7) is 8.59. The van der Waals surface area contributed by atoms with E-state index in [0.717, 1.165) is 30.1 Å². The maximum atomic E-state index is 6.17. The standard InChI is InChI=1S/C13H19Cl2N/c1-4-7-16(10(2)3)9-11-5-6-12(14)8-13(11)15/h5-6,8,10H,4,7,9H2,1-3H3. The maximum absolute atomic E-state index is 6.17. The van der Waals surface area contributed by atoms with Gasteiger partial charge in [-0.3, -0.25) is 4.90 Å². The van der Waals surface area contributed by atoms with E-state index in [1.54, 1.807) is 0 Å². The Balaban J connectivity index is 2.77. The number of benzene rings is 1. The van der Waals surface area contributed by atoms with E-state index in [-0.39, 0.29) is 0 Å². The number of hydrogen-bond donors (Lipinski definition) is 0. The Morgan fingerprint density at radius 3 is 2.44 bits per heavy atom. The van der Waals surface area contributed by atoms with E-state index >= 15 is 0 Å². The molecule has 0 heterocycles. The molecule has 0 unspecified atom stereocenters. The van der Waals surface area contributed by atoms with Crippen molar-refractivity contribution in [1.29, 1.82) is 0 Å². The number of halogens is 2. The zero-order valence-corrected chi connectivity index (χ0v) is 11.6. The van der Waals surface area contributed by atoms with Crippen LogP contribution in [0.25, 0.3) is 0 Å². The summed E-state index contributed by atoms with van der Waals surface area (Å²) < 4.78 is 0. The highest BCUT2D eigenvalue weighted by molar-refractivity contribution is 6.35. The molecule has 0 atom stereocenters. The van der Waals surface area contributed by atoms with E-state index in [2.05, 4.69) is 25.7 Å². The van der Waals surface area contributed by atoms with Crippen molar-refractivity contribution in [3.05, 3.63) is 33.8 Å². The van der Waals surface area contributed by atoms with Crippen molar-refractivity contribution in [2.45, 2.75) is 39.8 Å². The topological polar surface area (TPSA) is 3.24 Å². The third kappa shape index (κ3) is 3.97. The first-order valence-corrected chi connectivity index (χ1v) is 6.48. The minimum absolute atomic E-state index is 0.534. The Bertz CT molecular complexity index is 337. The van der Waals surface area contributed by atoms with Crippen molar-refractivity contribution in [2.24, 2.45) is 0 Å². The van der Waals surface area contributed by atoms with Gasteiger partial charge < -0.3 is 0 Å².